The zero-order valence-corrected chi connectivity index (χ0v) is 32.5. The average molecular weight is 669 g/mol. The molecule has 272 valence electrons. The molecule has 0 aromatic rings. The summed E-state index contributed by atoms with van der Waals surface area (Å²) in [5, 5.41) is 0. The van der Waals surface area contributed by atoms with Crippen LogP contribution in [0.2, 0.25) is 0 Å². The fourth-order valence-electron chi connectivity index (χ4n) is 10.2. The maximum Gasteiger partial charge on any atom is 0.306 e. The molecule has 0 saturated heterocycles. The number of rotatable bonds is 17. The first-order valence-corrected chi connectivity index (χ1v) is 20.4. The van der Waals surface area contributed by atoms with Crippen molar-refractivity contribution in [3.05, 3.63) is 84.6 Å². The summed E-state index contributed by atoms with van der Waals surface area (Å²) in [5.74, 6) is 5.30. The van der Waals surface area contributed by atoms with Crippen LogP contribution in [-0.4, -0.2) is 12.1 Å². The lowest BCUT2D eigenvalue weighted by molar-refractivity contribution is -0.151. The van der Waals surface area contributed by atoms with Gasteiger partial charge in [-0.25, -0.2) is 0 Å². The van der Waals surface area contributed by atoms with Crippen LogP contribution in [-0.2, 0) is 9.53 Å². The van der Waals surface area contributed by atoms with Gasteiger partial charge in [-0.1, -0.05) is 133 Å². The summed E-state index contributed by atoms with van der Waals surface area (Å²) in [6.45, 7) is 16.9. The molecular formula is C47H72O2. The highest BCUT2D eigenvalue weighted by Gasteiger charge is 2.59. The minimum absolute atomic E-state index is 0.0277. The summed E-state index contributed by atoms with van der Waals surface area (Å²) in [5.41, 5.74) is 2.37. The molecule has 4 aliphatic carbocycles. The van der Waals surface area contributed by atoms with Crippen molar-refractivity contribution < 1.29 is 9.53 Å². The van der Waals surface area contributed by atoms with Gasteiger partial charge in [-0.05, 0) is 136 Å². The SMILES string of the molecule is CC/C=C/C/C=C/C/C=C/C/C=C/C/C=C/CCC(=O)OC1CCC2(C)C(=CCC3C2CCC2(C)C(C(C)/C=C/C(C)C(C)C)CCC32)C1. The summed E-state index contributed by atoms with van der Waals surface area (Å²) in [6, 6.07) is 0. The smallest absolute Gasteiger partial charge is 0.306 e. The minimum atomic E-state index is -0.0277. The Bertz CT molecular complexity index is 1240. The average Bonchev–Trinajstić information content (AvgIpc) is 3.44. The van der Waals surface area contributed by atoms with Crippen LogP contribution in [0.25, 0.3) is 0 Å². The zero-order valence-electron chi connectivity index (χ0n) is 32.5. The molecule has 3 saturated carbocycles. The molecule has 4 aliphatic rings. The molecule has 2 heteroatoms. The third-order valence-corrected chi connectivity index (χ3v) is 13.5. The highest BCUT2D eigenvalue weighted by atomic mass is 16.5. The first kappa shape index (κ1) is 39.4. The van der Waals surface area contributed by atoms with Gasteiger partial charge in [-0.2, -0.15) is 0 Å². The van der Waals surface area contributed by atoms with Crippen molar-refractivity contribution in [2.45, 2.75) is 151 Å². The summed E-state index contributed by atoms with van der Waals surface area (Å²) >= 11 is 0. The molecular weight excluding hydrogens is 597 g/mol. The number of esters is 1. The molecule has 0 N–H and O–H groups in total. The lowest BCUT2D eigenvalue weighted by Crippen LogP contribution is -2.51. The molecule has 0 radical (unpaired) electrons. The van der Waals surface area contributed by atoms with Crippen molar-refractivity contribution in [1.82, 2.24) is 0 Å². The van der Waals surface area contributed by atoms with Gasteiger partial charge in [-0.15, -0.1) is 0 Å². The van der Waals surface area contributed by atoms with E-state index in [1.165, 1.54) is 38.5 Å². The number of hydrogen-bond donors (Lipinski definition) is 0. The van der Waals surface area contributed by atoms with E-state index < -0.39 is 0 Å². The van der Waals surface area contributed by atoms with Gasteiger partial charge < -0.3 is 4.74 Å². The molecule has 9 unspecified atom stereocenters. The van der Waals surface area contributed by atoms with Crippen molar-refractivity contribution in [3.63, 3.8) is 0 Å². The van der Waals surface area contributed by atoms with Gasteiger partial charge in [0.25, 0.3) is 0 Å². The molecule has 0 heterocycles. The predicted octanol–water partition coefficient (Wildman–Crippen LogP) is 13.5. The van der Waals surface area contributed by atoms with Crippen LogP contribution in [0.3, 0.4) is 0 Å². The van der Waals surface area contributed by atoms with Crippen LogP contribution >= 0.6 is 0 Å². The maximum atomic E-state index is 12.8. The van der Waals surface area contributed by atoms with E-state index in [1.807, 2.05) is 0 Å². The molecule has 3 fully saturated rings. The third-order valence-electron chi connectivity index (χ3n) is 13.5. The second kappa shape index (κ2) is 19.3. The first-order chi connectivity index (χ1) is 23.6. The second-order valence-electron chi connectivity index (χ2n) is 16.9. The van der Waals surface area contributed by atoms with Gasteiger partial charge in [0.05, 0.1) is 0 Å². The molecule has 4 rings (SSSR count). The third kappa shape index (κ3) is 10.6. The van der Waals surface area contributed by atoms with Gasteiger partial charge >= 0.3 is 5.97 Å². The Hall–Kier alpha value is -2.35. The lowest BCUT2D eigenvalue weighted by Gasteiger charge is -2.58. The van der Waals surface area contributed by atoms with Gasteiger partial charge in [-0.3, -0.25) is 4.79 Å². The number of carbonyl (C=O) groups is 1. The normalized spacial score (nSPS) is 33.2. The van der Waals surface area contributed by atoms with E-state index in [9.17, 15) is 4.79 Å². The van der Waals surface area contributed by atoms with E-state index in [2.05, 4.69) is 127 Å². The van der Waals surface area contributed by atoms with E-state index in [0.717, 1.165) is 75.0 Å². The molecule has 49 heavy (non-hydrogen) atoms. The van der Waals surface area contributed by atoms with Crippen LogP contribution in [0.15, 0.2) is 84.6 Å². The lowest BCUT2D eigenvalue weighted by atomic mass is 9.47. The quantitative estimate of drug-likeness (QED) is 0.114. The van der Waals surface area contributed by atoms with E-state index in [4.69, 9.17) is 4.74 Å². The molecule has 2 nitrogen and oxygen atoms in total. The Morgan fingerprint density at radius 2 is 1.43 bits per heavy atom. The van der Waals surface area contributed by atoms with E-state index >= 15 is 0 Å². The van der Waals surface area contributed by atoms with E-state index in [-0.39, 0.29) is 17.5 Å². The highest BCUT2D eigenvalue weighted by molar-refractivity contribution is 5.69. The molecule has 0 aromatic heterocycles. The second-order valence-corrected chi connectivity index (χ2v) is 16.9. The maximum absolute atomic E-state index is 12.8. The fraction of sp³-hybridized carbons (Fsp3) is 0.681. The molecule has 0 aromatic carbocycles. The monoisotopic (exact) mass is 669 g/mol. The number of hydrogen-bond acceptors (Lipinski definition) is 2. The van der Waals surface area contributed by atoms with Gasteiger partial charge in [0, 0.05) is 12.8 Å². The Morgan fingerprint density at radius 3 is 2.06 bits per heavy atom. The highest BCUT2D eigenvalue weighted by Crippen LogP contribution is 2.67. The number of ether oxygens (including phenoxy) is 1. The van der Waals surface area contributed by atoms with Crippen molar-refractivity contribution >= 4 is 5.97 Å². The Morgan fingerprint density at radius 1 is 0.796 bits per heavy atom. The molecule has 9 atom stereocenters. The van der Waals surface area contributed by atoms with Crippen LogP contribution in [0.1, 0.15) is 145 Å². The Labute approximate surface area is 302 Å². The van der Waals surface area contributed by atoms with Gasteiger partial charge in [0.15, 0.2) is 0 Å². The van der Waals surface area contributed by atoms with Crippen molar-refractivity contribution in [2.75, 3.05) is 0 Å². The van der Waals surface area contributed by atoms with E-state index in [1.54, 1.807) is 5.57 Å². The Kier molecular flexibility index (Phi) is 15.5. The summed E-state index contributed by atoms with van der Waals surface area (Å²) in [6.07, 6.45) is 46.0. The largest absolute Gasteiger partial charge is 0.462 e. The van der Waals surface area contributed by atoms with Gasteiger partial charge in [0.1, 0.15) is 6.10 Å². The summed E-state index contributed by atoms with van der Waals surface area (Å²) < 4.78 is 6.08. The van der Waals surface area contributed by atoms with Crippen LogP contribution < -0.4 is 0 Å². The topological polar surface area (TPSA) is 26.3 Å². The standard InChI is InChI=1S/C47H72O2/c1-8-9-10-11-12-13-14-15-16-17-18-19-20-21-22-23-24-45(48)49-40-31-33-46(6)39(35-40)27-28-41-43-30-29-42(47(43,7)34-32-44(41)46)38(5)26-25-37(4)36(2)3/h9-10,12-13,15-16,18-19,21-22,25-27,36-38,40-44H,8,11,14,17,20,23-24,28-35H2,1-7H3/b10-9+,13-12+,16-15+,19-18+,22-21+,26-25+. The van der Waals surface area contributed by atoms with Crippen LogP contribution in [0.5, 0.6) is 0 Å². The Balaban J connectivity index is 1.17. The molecule has 0 spiro atoms. The fourth-order valence-corrected chi connectivity index (χ4v) is 10.2. The number of carbonyl (C=O) groups excluding carboxylic acids is 1. The molecule has 0 bridgehead atoms. The van der Waals surface area contributed by atoms with Gasteiger partial charge in [0.2, 0.25) is 0 Å². The summed E-state index contributed by atoms with van der Waals surface area (Å²) in [7, 11) is 0. The summed E-state index contributed by atoms with van der Waals surface area (Å²) in [4.78, 5) is 12.8. The first-order valence-electron chi connectivity index (χ1n) is 20.4. The minimum Gasteiger partial charge on any atom is -0.462 e. The van der Waals surface area contributed by atoms with Crippen molar-refractivity contribution in [3.8, 4) is 0 Å². The predicted molar refractivity (Wildman–Crippen MR) is 211 cm³/mol. The number of allylic oxidation sites excluding steroid dienone is 13. The zero-order chi connectivity index (χ0) is 35.3. The molecule has 0 amide bonds. The van der Waals surface area contributed by atoms with Crippen LogP contribution in [0, 0.1) is 52.3 Å². The van der Waals surface area contributed by atoms with E-state index in [0.29, 0.717) is 29.6 Å². The van der Waals surface area contributed by atoms with Crippen molar-refractivity contribution in [1.29, 1.82) is 0 Å². The molecule has 0 aliphatic heterocycles. The number of fused-ring (bicyclic) bond motifs is 5. The van der Waals surface area contributed by atoms with Crippen molar-refractivity contribution in [2.24, 2.45) is 52.3 Å². The van der Waals surface area contributed by atoms with Crippen LogP contribution in [0.4, 0.5) is 0 Å².